The number of nitrogens with two attached hydrogens (primary N) is 1. The van der Waals surface area contributed by atoms with Crippen LogP contribution < -0.4 is 5.73 Å². The Morgan fingerprint density at radius 1 is 1.21 bits per heavy atom. The second kappa shape index (κ2) is 12.0. The Balaban J connectivity index is 0.000000568. The lowest BCUT2D eigenvalue weighted by Crippen LogP contribution is -2.17. The van der Waals surface area contributed by atoms with E-state index in [0.717, 1.165) is 5.56 Å². The molecule has 0 aliphatic rings. The summed E-state index contributed by atoms with van der Waals surface area (Å²) in [5, 5.41) is 10.2. The molecule has 162 valence electrons. The smallest absolute Gasteiger partial charge is 0.307 e. The van der Waals surface area contributed by atoms with E-state index in [1.807, 2.05) is 6.92 Å². The highest BCUT2D eigenvalue weighted by Crippen LogP contribution is 2.35. The number of carbonyl (C=O) groups is 1. The molecule has 0 heterocycles. The first-order valence-corrected chi connectivity index (χ1v) is 10.3. The maximum atomic E-state index is 11.3. The van der Waals surface area contributed by atoms with Crippen molar-refractivity contribution in [3.63, 3.8) is 0 Å². The van der Waals surface area contributed by atoms with Crippen molar-refractivity contribution in [1.82, 2.24) is 0 Å². The van der Waals surface area contributed by atoms with Gasteiger partial charge in [-0.15, -0.1) is 0 Å². The Kier molecular flexibility index (Phi) is 11.2. The number of hydrogen-bond donors (Lipinski definition) is 3. The fraction of sp³-hybridized carbons (Fsp3) is 0.316. The fourth-order valence-electron chi connectivity index (χ4n) is 2.09. The molecule has 0 spiro atoms. The first-order chi connectivity index (χ1) is 13.0. The molecule has 0 unspecified atom stereocenters. The number of hydrogen-bond acceptors (Lipinski definition) is 6. The van der Waals surface area contributed by atoms with Crippen molar-refractivity contribution in [2.45, 2.75) is 38.6 Å². The van der Waals surface area contributed by atoms with Gasteiger partial charge in [0.25, 0.3) is 10.1 Å². The molecule has 0 saturated heterocycles. The van der Waals surface area contributed by atoms with Crippen LogP contribution in [-0.2, 0) is 19.6 Å². The predicted octanol–water partition coefficient (Wildman–Crippen LogP) is 4.53. The minimum atomic E-state index is -4.02. The number of esters is 1. The lowest BCUT2D eigenvalue weighted by molar-refractivity contribution is -0.143. The summed E-state index contributed by atoms with van der Waals surface area (Å²) in [7, 11) is -4.02. The van der Waals surface area contributed by atoms with Crippen LogP contribution in [0.4, 0.5) is 0 Å². The molecule has 0 aliphatic heterocycles. The zero-order valence-corrected chi connectivity index (χ0v) is 17.6. The Hall–Kier alpha value is -1.84. The van der Waals surface area contributed by atoms with Crippen molar-refractivity contribution in [1.29, 1.82) is 0 Å². The zero-order chi connectivity index (χ0) is 21.5. The predicted molar refractivity (Wildman–Crippen MR) is 114 cm³/mol. The van der Waals surface area contributed by atoms with Crippen LogP contribution in [0.5, 0.6) is 5.75 Å². The molecular weight excluding hydrogens is 441 g/mol. The third-order valence-electron chi connectivity index (χ3n) is 3.47. The monoisotopic (exact) mass is 465 g/mol. The van der Waals surface area contributed by atoms with E-state index in [1.54, 1.807) is 19.1 Å². The van der Waals surface area contributed by atoms with Crippen LogP contribution in [0.2, 0.25) is 10.0 Å². The van der Waals surface area contributed by atoms with Gasteiger partial charge in [-0.25, -0.2) is 0 Å². The molecule has 10 heteroatoms. The van der Waals surface area contributed by atoms with Gasteiger partial charge in [0, 0.05) is 16.6 Å². The van der Waals surface area contributed by atoms with Gasteiger partial charge < -0.3 is 15.6 Å². The van der Waals surface area contributed by atoms with Crippen LogP contribution in [0.25, 0.3) is 0 Å². The molecule has 0 aliphatic carbocycles. The van der Waals surface area contributed by atoms with Gasteiger partial charge >= 0.3 is 5.97 Å². The lowest BCUT2D eigenvalue weighted by Gasteiger charge is -2.14. The van der Waals surface area contributed by atoms with E-state index in [-0.39, 0.29) is 36.1 Å². The largest absolute Gasteiger partial charge is 0.506 e. The van der Waals surface area contributed by atoms with Gasteiger partial charge in [-0.2, -0.15) is 8.42 Å². The van der Waals surface area contributed by atoms with E-state index < -0.39 is 22.1 Å². The first kappa shape index (κ1) is 27.2. The van der Waals surface area contributed by atoms with Crippen molar-refractivity contribution in [2.24, 2.45) is 5.73 Å². The van der Waals surface area contributed by atoms with Crippen molar-refractivity contribution < 1.29 is 27.6 Å². The number of rotatable bonds is 5. The third kappa shape index (κ3) is 9.01. The SMILES string of the molecule is C.CCOC(=O)C[C@H](N)c1cc(Cl)cc(Cl)c1O.Cc1ccc(S(=O)(=O)O)cc1. The maximum absolute atomic E-state index is 11.3. The Labute approximate surface area is 181 Å². The van der Waals surface area contributed by atoms with Crippen LogP contribution >= 0.6 is 23.2 Å². The Bertz CT molecular complexity index is 917. The van der Waals surface area contributed by atoms with E-state index in [2.05, 4.69) is 0 Å². The summed E-state index contributed by atoms with van der Waals surface area (Å²) in [6.45, 7) is 3.83. The molecule has 7 nitrogen and oxygen atoms in total. The Morgan fingerprint density at radius 2 is 1.76 bits per heavy atom. The van der Waals surface area contributed by atoms with Crippen molar-refractivity contribution in [2.75, 3.05) is 6.61 Å². The molecule has 29 heavy (non-hydrogen) atoms. The summed E-state index contributed by atoms with van der Waals surface area (Å²) in [6, 6.07) is 8.16. The van der Waals surface area contributed by atoms with E-state index in [9.17, 15) is 18.3 Å². The third-order valence-corrected chi connectivity index (χ3v) is 4.84. The van der Waals surface area contributed by atoms with Gasteiger partial charge in [0.2, 0.25) is 0 Å². The van der Waals surface area contributed by atoms with Gasteiger partial charge in [0.05, 0.1) is 22.9 Å². The molecule has 0 aromatic heterocycles. The number of ether oxygens (including phenoxy) is 1. The van der Waals surface area contributed by atoms with Crippen LogP contribution in [-0.4, -0.2) is 30.7 Å². The van der Waals surface area contributed by atoms with Crippen LogP contribution in [0, 0.1) is 6.92 Å². The van der Waals surface area contributed by atoms with Crippen molar-refractivity contribution >= 4 is 39.3 Å². The number of phenols is 1. The number of carbonyl (C=O) groups excluding carboxylic acids is 1. The second-order valence-electron chi connectivity index (χ2n) is 5.73. The van der Waals surface area contributed by atoms with E-state index in [1.165, 1.54) is 24.3 Å². The van der Waals surface area contributed by atoms with E-state index in [0.29, 0.717) is 10.6 Å². The highest BCUT2D eigenvalue weighted by molar-refractivity contribution is 7.85. The summed E-state index contributed by atoms with van der Waals surface area (Å²) < 4.78 is 34.3. The number of benzene rings is 2. The van der Waals surface area contributed by atoms with Crippen molar-refractivity contribution in [3.8, 4) is 5.75 Å². The number of halogens is 2. The molecule has 0 fully saturated rings. The zero-order valence-electron chi connectivity index (χ0n) is 15.2. The standard InChI is InChI=1S/C11H13Cl2NO3.C7H8O3S.CH4/c1-2-17-10(15)5-9(14)7-3-6(12)4-8(13)11(7)16;1-6-2-4-7(5-3-6)11(8,9)10;/h3-4,9,16H,2,5,14H2,1H3;2-5H,1H3,(H,8,9,10);1H4/t9-;;/m0../s1. The molecule has 2 rings (SSSR count). The molecule has 0 bridgehead atoms. The molecule has 0 amide bonds. The lowest BCUT2D eigenvalue weighted by atomic mass is 10.0. The minimum absolute atomic E-state index is 0. The molecule has 0 saturated carbocycles. The van der Waals surface area contributed by atoms with Crippen LogP contribution in [0.1, 0.15) is 37.9 Å². The molecule has 4 N–H and O–H groups in total. The number of aryl methyl sites for hydroxylation is 1. The normalized spacial score (nSPS) is 11.5. The van der Waals surface area contributed by atoms with E-state index >= 15 is 0 Å². The quantitative estimate of drug-likeness (QED) is 0.436. The van der Waals surface area contributed by atoms with Gasteiger partial charge in [-0.1, -0.05) is 48.3 Å². The average molecular weight is 466 g/mol. The van der Waals surface area contributed by atoms with Crippen LogP contribution in [0.15, 0.2) is 41.3 Å². The molecule has 2 aromatic rings. The first-order valence-electron chi connectivity index (χ1n) is 8.09. The van der Waals surface area contributed by atoms with Gasteiger partial charge in [0.1, 0.15) is 5.75 Å². The van der Waals surface area contributed by atoms with Crippen molar-refractivity contribution in [3.05, 3.63) is 57.6 Å². The van der Waals surface area contributed by atoms with Crippen LogP contribution in [0.3, 0.4) is 0 Å². The second-order valence-corrected chi connectivity index (χ2v) is 7.99. The summed E-state index contributed by atoms with van der Waals surface area (Å²) in [6.07, 6.45) is -0.0436. The fourth-order valence-corrected chi connectivity index (χ4v) is 3.08. The molecule has 2 aromatic carbocycles. The number of phenolic OH excluding ortho intramolecular Hbond substituents is 1. The minimum Gasteiger partial charge on any atom is -0.506 e. The van der Waals surface area contributed by atoms with Gasteiger partial charge in [0.15, 0.2) is 0 Å². The summed E-state index contributed by atoms with van der Waals surface area (Å²) in [4.78, 5) is 11.2. The topological polar surface area (TPSA) is 127 Å². The number of aromatic hydroxyl groups is 1. The van der Waals surface area contributed by atoms with E-state index in [4.69, 9.17) is 38.2 Å². The summed E-state index contributed by atoms with van der Waals surface area (Å²) >= 11 is 11.6. The Morgan fingerprint density at radius 3 is 2.24 bits per heavy atom. The average Bonchev–Trinajstić information content (AvgIpc) is 2.58. The van der Waals surface area contributed by atoms with Gasteiger partial charge in [-0.05, 0) is 38.1 Å². The highest BCUT2D eigenvalue weighted by Gasteiger charge is 2.18. The summed E-state index contributed by atoms with van der Waals surface area (Å²) in [5.41, 5.74) is 7.07. The summed E-state index contributed by atoms with van der Waals surface area (Å²) in [5.74, 6) is -0.594. The van der Waals surface area contributed by atoms with Gasteiger partial charge in [-0.3, -0.25) is 9.35 Å². The highest BCUT2D eigenvalue weighted by atomic mass is 35.5. The molecular formula is C19H25Cl2NO6S. The molecule has 0 radical (unpaired) electrons. The molecule has 1 atom stereocenters. The maximum Gasteiger partial charge on any atom is 0.307 e.